The number of pyridine rings is 1. The molecule has 1 aromatic carbocycles. The number of likely N-dealkylation sites (tertiary alicyclic amines) is 1. The minimum absolute atomic E-state index is 0.223. The summed E-state index contributed by atoms with van der Waals surface area (Å²) >= 11 is 0. The number of piperidine rings is 1. The van der Waals surface area contributed by atoms with Crippen LogP contribution in [0.4, 0.5) is 10.6 Å². The van der Waals surface area contributed by atoms with Crippen molar-refractivity contribution in [1.82, 2.24) is 19.9 Å². The number of benzene rings is 1. The third kappa shape index (κ3) is 3.56. The second-order valence-electron chi connectivity index (χ2n) is 8.54. The molecule has 0 atom stereocenters. The number of hydrogen-bond donors (Lipinski definition) is 1. The minimum atomic E-state index is -0.804. The average molecular weight is 403 g/mol. The summed E-state index contributed by atoms with van der Waals surface area (Å²) in [6, 6.07) is 10.5. The van der Waals surface area contributed by atoms with E-state index in [4.69, 9.17) is 0 Å². The molecule has 1 N–H and O–H groups in total. The Kier molecular flexibility index (Phi) is 4.73. The summed E-state index contributed by atoms with van der Waals surface area (Å²) in [4.78, 5) is 28.3. The number of carboxylic acid groups (broad SMARTS) is 1. The summed E-state index contributed by atoms with van der Waals surface area (Å²) in [5.74, 6) is 0.995. The van der Waals surface area contributed by atoms with E-state index in [1.54, 1.807) is 12.5 Å². The van der Waals surface area contributed by atoms with Gasteiger partial charge in [-0.3, -0.25) is 4.98 Å². The molecular weight excluding hydrogens is 378 g/mol. The Morgan fingerprint density at radius 2 is 1.87 bits per heavy atom. The van der Waals surface area contributed by atoms with Gasteiger partial charge in [0.1, 0.15) is 12.1 Å². The quantitative estimate of drug-likeness (QED) is 0.719. The van der Waals surface area contributed by atoms with E-state index in [0.717, 1.165) is 55.5 Å². The number of rotatable bonds is 4. The van der Waals surface area contributed by atoms with Gasteiger partial charge in [0.15, 0.2) is 0 Å². The van der Waals surface area contributed by atoms with Gasteiger partial charge in [-0.15, -0.1) is 0 Å². The lowest BCUT2D eigenvalue weighted by atomic mass is 9.72. The highest BCUT2D eigenvalue weighted by atomic mass is 16.4. The highest BCUT2D eigenvalue weighted by Crippen LogP contribution is 2.43. The van der Waals surface area contributed by atoms with Crippen LogP contribution in [0, 0.1) is 5.41 Å². The van der Waals surface area contributed by atoms with Crippen LogP contribution in [0.25, 0.3) is 10.9 Å². The van der Waals surface area contributed by atoms with E-state index in [1.165, 1.54) is 16.0 Å². The van der Waals surface area contributed by atoms with Gasteiger partial charge in [-0.25, -0.2) is 14.8 Å². The normalized spacial score (nSPS) is 17.9. The lowest BCUT2D eigenvalue weighted by molar-refractivity contribution is 0.0708. The van der Waals surface area contributed by atoms with E-state index in [1.807, 2.05) is 12.3 Å². The molecule has 2 aromatic heterocycles. The zero-order valence-electron chi connectivity index (χ0n) is 16.9. The number of hydrogen-bond acceptors (Lipinski definition) is 5. The Morgan fingerprint density at radius 1 is 1.07 bits per heavy atom. The minimum Gasteiger partial charge on any atom is -0.465 e. The molecule has 2 fully saturated rings. The second-order valence-corrected chi connectivity index (χ2v) is 8.54. The van der Waals surface area contributed by atoms with Gasteiger partial charge in [0, 0.05) is 49.4 Å². The van der Waals surface area contributed by atoms with Crippen LogP contribution < -0.4 is 4.90 Å². The summed E-state index contributed by atoms with van der Waals surface area (Å²) in [6.45, 7) is 3.14. The van der Waals surface area contributed by atoms with E-state index < -0.39 is 6.09 Å². The zero-order chi connectivity index (χ0) is 20.6. The highest BCUT2D eigenvalue weighted by molar-refractivity contribution is 5.90. The largest absolute Gasteiger partial charge is 0.465 e. The first-order chi connectivity index (χ1) is 14.6. The maximum absolute atomic E-state index is 11.2. The fraction of sp³-hybridized carbons (Fsp3) is 0.391. The molecule has 30 heavy (non-hydrogen) atoms. The number of amides is 1. The van der Waals surface area contributed by atoms with Crippen molar-refractivity contribution < 1.29 is 9.90 Å². The van der Waals surface area contributed by atoms with E-state index in [0.29, 0.717) is 13.1 Å². The van der Waals surface area contributed by atoms with Gasteiger partial charge >= 0.3 is 6.09 Å². The van der Waals surface area contributed by atoms with Crippen molar-refractivity contribution in [3.63, 3.8) is 0 Å². The third-order valence-electron chi connectivity index (χ3n) is 6.55. The topological polar surface area (TPSA) is 82.5 Å². The first kappa shape index (κ1) is 18.8. The first-order valence-electron chi connectivity index (χ1n) is 10.5. The number of carbonyl (C=O) groups is 1. The Labute approximate surface area is 175 Å². The van der Waals surface area contributed by atoms with Crippen molar-refractivity contribution in [3.8, 4) is 0 Å². The van der Waals surface area contributed by atoms with Gasteiger partial charge in [0.05, 0.1) is 5.52 Å². The van der Waals surface area contributed by atoms with E-state index in [9.17, 15) is 9.90 Å². The second kappa shape index (κ2) is 7.55. The molecule has 2 aliphatic rings. The molecule has 2 aliphatic heterocycles. The fourth-order valence-electron chi connectivity index (χ4n) is 4.73. The van der Waals surface area contributed by atoms with E-state index in [-0.39, 0.29) is 5.41 Å². The summed E-state index contributed by atoms with van der Waals surface area (Å²) in [7, 11) is 0. The molecule has 4 heterocycles. The Balaban J connectivity index is 1.31. The van der Waals surface area contributed by atoms with Crippen LogP contribution in [0.1, 0.15) is 24.0 Å². The Bertz CT molecular complexity index is 1060. The SMILES string of the molecule is O=C(O)N1CCC2(CC1)CN(c1ncnc3ccc(CCc4cccnc4)cc13)C2. The number of aromatic nitrogens is 3. The predicted octanol–water partition coefficient (Wildman–Crippen LogP) is 3.39. The molecule has 7 heteroatoms. The van der Waals surface area contributed by atoms with Crippen LogP contribution in [0.2, 0.25) is 0 Å². The van der Waals surface area contributed by atoms with Crippen LogP contribution in [0.15, 0.2) is 49.1 Å². The zero-order valence-corrected chi connectivity index (χ0v) is 16.9. The molecule has 0 bridgehead atoms. The van der Waals surface area contributed by atoms with Crippen molar-refractivity contribution in [2.24, 2.45) is 5.41 Å². The number of nitrogens with zero attached hydrogens (tertiary/aromatic N) is 5. The number of fused-ring (bicyclic) bond motifs is 1. The van der Waals surface area contributed by atoms with Crippen LogP contribution >= 0.6 is 0 Å². The molecule has 1 amide bonds. The lowest BCUT2D eigenvalue weighted by Gasteiger charge is -2.54. The first-order valence-corrected chi connectivity index (χ1v) is 10.5. The van der Waals surface area contributed by atoms with Crippen LogP contribution in [0.3, 0.4) is 0 Å². The van der Waals surface area contributed by atoms with Gasteiger partial charge < -0.3 is 14.9 Å². The van der Waals surface area contributed by atoms with Crippen molar-refractivity contribution in [1.29, 1.82) is 0 Å². The predicted molar refractivity (Wildman–Crippen MR) is 115 cm³/mol. The van der Waals surface area contributed by atoms with Crippen LogP contribution in [0.5, 0.6) is 0 Å². The molecule has 0 radical (unpaired) electrons. The molecule has 7 nitrogen and oxygen atoms in total. The van der Waals surface area contributed by atoms with Crippen molar-refractivity contribution >= 4 is 22.8 Å². The Morgan fingerprint density at radius 3 is 2.60 bits per heavy atom. The van der Waals surface area contributed by atoms with Crippen molar-refractivity contribution in [3.05, 3.63) is 60.2 Å². The van der Waals surface area contributed by atoms with E-state index >= 15 is 0 Å². The Hall–Kier alpha value is -3.22. The van der Waals surface area contributed by atoms with Gasteiger partial charge in [-0.2, -0.15) is 0 Å². The van der Waals surface area contributed by atoms with Crippen LogP contribution in [-0.4, -0.2) is 57.2 Å². The summed E-state index contributed by atoms with van der Waals surface area (Å²) in [6.07, 6.45) is 8.32. The molecular formula is C23H25N5O2. The standard InChI is InChI=1S/C23H25N5O2/c29-22(30)27-10-7-23(8-11-27)14-28(15-23)21-19-12-17(5-6-20(19)25-16-26-21)3-4-18-2-1-9-24-13-18/h1-2,5-6,9,12-13,16H,3-4,7-8,10-11,14-15H2,(H,29,30). The maximum atomic E-state index is 11.2. The molecule has 154 valence electrons. The number of aryl methyl sites for hydroxylation is 2. The molecule has 5 rings (SSSR count). The fourth-order valence-corrected chi connectivity index (χ4v) is 4.73. The van der Waals surface area contributed by atoms with Gasteiger partial charge in [0.25, 0.3) is 0 Å². The average Bonchev–Trinajstić information content (AvgIpc) is 2.76. The summed E-state index contributed by atoms with van der Waals surface area (Å²) in [5, 5.41) is 10.3. The van der Waals surface area contributed by atoms with Gasteiger partial charge in [-0.05, 0) is 55.0 Å². The molecule has 1 spiro atoms. The molecule has 2 saturated heterocycles. The van der Waals surface area contributed by atoms with E-state index in [2.05, 4.69) is 44.1 Å². The maximum Gasteiger partial charge on any atom is 0.407 e. The lowest BCUT2D eigenvalue weighted by Crippen LogP contribution is -2.61. The van der Waals surface area contributed by atoms with Crippen molar-refractivity contribution in [2.45, 2.75) is 25.7 Å². The molecule has 0 aliphatic carbocycles. The molecule has 0 saturated carbocycles. The highest BCUT2D eigenvalue weighted by Gasteiger charge is 2.46. The summed E-state index contributed by atoms with van der Waals surface area (Å²) < 4.78 is 0. The van der Waals surface area contributed by atoms with Crippen molar-refractivity contribution in [2.75, 3.05) is 31.1 Å². The monoisotopic (exact) mass is 403 g/mol. The third-order valence-corrected chi connectivity index (χ3v) is 6.55. The molecule has 0 unspecified atom stereocenters. The summed E-state index contributed by atoms with van der Waals surface area (Å²) in [5.41, 5.74) is 3.69. The van der Waals surface area contributed by atoms with Gasteiger partial charge in [-0.1, -0.05) is 12.1 Å². The smallest absolute Gasteiger partial charge is 0.407 e. The van der Waals surface area contributed by atoms with Gasteiger partial charge in [0.2, 0.25) is 0 Å². The van der Waals surface area contributed by atoms with Crippen LogP contribution in [-0.2, 0) is 12.8 Å². The number of anilines is 1. The molecule has 3 aromatic rings.